The minimum Gasteiger partial charge on any atom is -0.497 e. The Labute approximate surface area is 204 Å². The van der Waals surface area contributed by atoms with Gasteiger partial charge in [-0.1, -0.05) is 30.3 Å². The zero-order valence-electron chi connectivity index (χ0n) is 19.9. The van der Waals surface area contributed by atoms with E-state index in [0.29, 0.717) is 29.7 Å². The van der Waals surface area contributed by atoms with Gasteiger partial charge in [0, 0.05) is 25.5 Å². The Balaban J connectivity index is 1.62. The Hall–Kier alpha value is -4.31. The van der Waals surface area contributed by atoms with E-state index in [-0.39, 0.29) is 11.9 Å². The number of likely N-dealkylation sites (N-methyl/N-ethyl adjacent to an activating group) is 1. The molecule has 3 aromatic rings. The number of methoxy groups -OCH3 is 1. The van der Waals surface area contributed by atoms with Gasteiger partial charge in [-0.2, -0.15) is 5.26 Å². The van der Waals surface area contributed by atoms with Gasteiger partial charge in [0.05, 0.1) is 18.7 Å². The first-order chi connectivity index (χ1) is 16.8. The fourth-order valence-corrected chi connectivity index (χ4v) is 5.13. The van der Waals surface area contributed by atoms with Gasteiger partial charge in [0.1, 0.15) is 17.1 Å². The maximum Gasteiger partial charge on any atom is 0.261 e. The van der Waals surface area contributed by atoms with Crippen molar-refractivity contribution in [3.8, 4) is 28.7 Å². The van der Waals surface area contributed by atoms with E-state index in [4.69, 9.17) is 20.2 Å². The summed E-state index contributed by atoms with van der Waals surface area (Å²) in [6.45, 7) is 2.00. The molecule has 0 radical (unpaired) electrons. The average molecular weight is 467 g/mol. The number of guanidine groups is 1. The van der Waals surface area contributed by atoms with Crippen molar-refractivity contribution in [2.45, 2.75) is 30.9 Å². The van der Waals surface area contributed by atoms with Crippen LogP contribution in [0.15, 0.2) is 71.7 Å². The minimum atomic E-state index is -1.19. The van der Waals surface area contributed by atoms with Crippen LogP contribution in [0, 0.1) is 11.3 Å². The molecular weight excluding hydrogens is 440 g/mol. The summed E-state index contributed by atoms with van der Waals surface area (Å²) >= 11 is 0. The lowest BCUT2D eigenvalue weighted by Crippen LogP contribution is -2.51. The first-order valence-electron chi connectivity index (χ1n) is 11.4. The van der Waals surface area contributed by atoms with Crippen LogP contribution in [0.3, 0.4) is 0 Å². The number of benzene rings is 3. The van der Waals surface area contributed by atoms with E-state index in [1.54, 1.807) is 20.2 Å². The molecule has 0 fully saturated rings. The molecule has 7 heteroatoms. The lowest BCUT2D eigenvalue weighted by atomic mass is 9.74. The molecule has 2 N–H and O–H groups in total. The highest BCUT2D eigenvalue weighted by molar-refractivity contribution is 6.07. The standard InChI is InChI=1S/C28H26N4O3/c1-27(15-18-6-5-9-22(13-18)34-3)17-28(25(33)32(2)26(30)31-28)23-14-21(10-11-24(23)35-27)20-8-4-7-19(12-20)16-29/h4-14H,15,17H2,1-3H3,(H2,30,31)/t27-,28-/m1/s1. The predicted octanol–water partition coefficient (Wildman–Crippen LogP) is 4.00. The molecule has 1 spiro atoms. The molecular formula is C28H26N4O3. The lowest BCUT2D eigenvalue weighted by molar-refractivity contribution is -0.133. The first kappa shape index (κ1) is 22.5. The van der Waals surface area contributed by atoms with Crippen LogP contribution >= 0.6 is 0 Å². The number of fused-ring (bicyclic) bond motifs is 2. The molecule has 2 aliphatic rings. The van der Waals surface area contributed by atoms with Crippen LogP contribution in [0.2, 0.25) is 0 Å². The predicted molar refractivity (Wildman–Crippen MR) is 133 cm³/mol. The Morgan fingerprint density at radius 2 is 1.91 bits per heavy atom. The van der Waals surface area contributed by atoms with E-state index >= 15 is 0 Å². The number of carbonyl (C=O) groups is 1. The number of carbonyl (C=O) groups excluding carboxylic acids is 1. The zero-order chi connectivity index (χ0) is 24.8. The van der Waals surface area contributed by atoms with Crippen molar-refractivity contribution in [3.63, 3.8) is 0 Å². The van der Waals surface area contributed by atoms with Crippen LogP contribution in [0.4, 0.5) is 0 Å². The average Bonchev–Trinajstić information content (AvgIpc) is 3.07. The van der Waals surface area contributed by atoms with Gasteiger partial charge in [-0.15, -0.1) is 0 Å². The van der Waals surface area contributed by atoms with Gasteiger partial charge in [0.25, 0.3) is 5.91 Å². The van der Waals surface area contributed by atoms with Crippen LogP contribution in [-0.2, 0) is 16.8 Å². The van der Waals surface area contributed by atoms with Gasteiger partial charge < -0.3 is 15.2 Å². The van der Waals surface area contributed by atoms with Crippen molar-refractivity contribution < 1.29 is 14.3 Å². The number of amides is 1. The molecule has 2 heterocycles. The Bertz CT molecular complexity index is 1410. The van der Waals surface area contributed by atoms with Crippen LogP contribution in [0.1, 0.15) is 30.0 Å². The highest BCUT2D eigenvalue weighted by Gasteiger charge is 2.56. The lowest BCUT2D eigenvalue weighted by Gasteiger charge is -2.43. The van der Waals surface area contributed by atoms with Crippen molar-refractivity contribution >= 4 is 11.9 Å². The number of hydrogen-bond acceptors (Lipinski definition) is 6. The molecule has 0 aromatic heterocycles. The van der Waals surface area contributed by atoms with Gasteiger partial charge in [-0.05, 0) is 60.0 Å². The van der Waals surface area contributed by atoms with E-state index in [1.807, 2.05) is 67.6 Å². The highest BCUT2D eigenvalue weighted by atomic mass is 16.5. The highest BCUT2D eigenvalue weighted by Crippen LogP contribution is 2.50. The number of rotatable bonds is 4. The summed E-state index contributed by atoms with van der Waals surface area (Å²) < 4.78 is 11.9. The van der Waals surface area contributed by atoms with Gasteiger partial charge in [0.15, 0.2) is 11.5 Å². The molecule has 7 nitrogen and oxygen atoms in total. The van der Waals surface area contributed by atoms with Crippen molar-refractivity contribution in [1.82, 2.24) is 4.90 Å². The Kier molecular flexibility index (Phi) is 5.25. The molecule has 0 saturated heterocycles. The van der Waals surface area contributed by atoms with Crippen molar-refractivity contribution in [1.29, 1.82) is 5.26 Å². The topological polar surface area (TPSA) is 101 Å². The number of nitriles is 1. The minimum absolute atomic E-state index is 0.181. The first-order valence-corrected chi connectivity index (χ1v) is 11.4. The van der Waals surface area contributed by atoms with E-state index in [1.165, 1.54) is 4.90 Å². The summed E-state index contributed by atoms with van der Waals surface area (Å²) in [7, 11) is 3.28. The molecule has 2 aliphatic heterocycles. The summed E-state index contributed by atoms with van der Waals surface area (Å²) in [5.74, 6) is 1.37. The number of aliphatic imine (C=N–C) groups is 1. The monoisotopic (exact) mass is 466 g/mol. The van der Waals surface area contributed by atoms with Gasteiger partial charge in [0.2, 0.25) is 0 Å². The second-order valence-electron chi connectivity index (χ2n) is 9.36. The van der Waals surface area contributed by atoms with E-state index in [0.717, 1.165) is 22.4 Å². The molecule has 35 heavy (non-hydrogen) atoms. The fraction of sp³-hybridized carbons (Fsp3) is 0.250. The van der Waals surface area contributed by atoms with Crippen molar-refractivity contribution in [3.05, 3.63) is 83.4 Å². The largest absolute Gasteiger partial charge is 0.497 e. The summed E-state index contributed by atoms with van der Waals surface area (Å²) in [4.78, 5) is 19.8. The van der Waals surface area contributed by atoms with Crippen molar-refractivity contribution in [2.75, 3.05) is 14.2 Å². The second kappa shape index (κ2) is 8.17. The molecule has 5 rings (SSSR count). The third-order valence-corrected chi connectivity index (χ3v) is 6.76. The van der Waals surface area contributed by atoms with Crippen LogP contribution in [-0.4, -0.2) is 36.5 Å². The van der Waals surface area contributed by atoms with Crippen LogP contribution in [0.5, 0.6) is 11.5 Å². The summed E-state index contributed by atoms with van der Waals surface area (Å²) in [6, 6.07) is 23.1. The summed E-state index contributed by atoms with van der Waals surface area (Å²) in [5, 5.41) is 9.31. The molecule has 0 unspecified atom stereocenters. The molecule has 3 aromatic carbocycles. The SMILES string of the molecule is COc1cccc(C[C@]2(C)C[C@@]3(N=C(N)N(C)C3=O)c3cc(-c4cccc(C#N)c4)ccc3O2)c1. The smallest absolute Gasteiger partial charge is 0.261 e. The maximum atomic E-state index is 13.7. The summed E-state index contributed by atoms with van der Waals surface area (Å²) in [5.41, 5.74) is 8.28. The van der Waals surface area contributed by atoms with Crippen LogP contribution in [0.25, 0.3) is 11.1 Å². The second-order valence-corrected chi connectivity index (χ2v) is 9.36. The number of ether oxygens (including phenoxy) is 2. The number of hydrogen-bond donors (Lipinski definition) is 1. The van der Waals surface area contributed by atoms with Gasteiger partial charge in [-0.3, -0.25) is 9.69 Å². The van der Waals surface area contributed by atoms with E-state index in [9.17, 15) is 10.1 Å². The molecule has 2 atom stereocenters. The molecule has 0 bridgehead atoms. The molecule has 1 amide bonds. The molecule has 176 valence electrons. The quantitative estimate of drug-likeness (QED) is 0.626. The fourth-order valence-electron chi connectivity index (χ4n) is 5.13. The number of nitrogens with zero attached hydrogens (tertiary/aromatic N) is 3. The third kappa shape index (κ3) is 3.77. The van der Waals surface area contributed by atoms with Gasteiger partial charge >= 0.3 is 0 Å². The molecule has 0 aliphatic carbocycles. The third-order valence-electron chi connectivity index (χ3n) is 6.76. The van der Waals surface area contributed by atoms with Gasteiger partial charge in [-0.25, -0.2) is 4.99 Å². The zero-order valence-corrected chi connectivity index (χ0v) is 19.9. The van der Waals surface area contributed by atoms with E-state index in [2.05, 4.69) is 6.07 Å². The summed E-state index contributed by atoms with van der Waals surface area (Å²) in [6.07, 6.45) is 0.888. The van der Waals surface area contributed by atoms with E-state index < -0.39 is 11.1 Å². The van der Waals surface area contributed by atoms with Crippen molar-refractivity contribution in [2.24, 2.45) is 10.7 Å². The number of nitrogens with two attached hydrogens (primary N) is 1. The van der Waals surface area contributed by atoms with Crippen LogP contribution < -0.4 is 15.2 Å². The maximum absolute atomic E-state index is 13.7. The normalized spacial score (nSPS) is 22.9. The Morgan fingerprint density at radius 1 is 1.14 bits per heavy atom. The molecule has 0 saturated carbocycles. The Morgan fingerprint density at radius 3 is 2.63 bits per heavy atom.